The minimum atomic E-state index is -0.707. The number of carbonyl (C=O) groups excluding carboxylic acids is 1. The highest BCUT2D eigenvalue weighted by atomic mass is 16.6. The van der Waals surface area contributed by atoms with E-state index in [1.165, 1.54) is 17.1 Å². The zero-order chi connectivity index (χ0) is 13.8. The second kappa shape index (κ2) is 5.25. The average Bonchev–Trinajstić information content (AvgIpc) is 2.99. The van der Waals surface area contributed by atoms with Gasteiger partial charge in [-0.1, -0.05) is 10.1 Å². The van der Waals surface area contributed by atoms with Crippen LogP contribution in [0.5, 0.6) is 0 Å². The lowest BCUT2D eigenvalue weighted by atomic mass is 10.3. The van der Waals surface area contributed by atoms with E-state index in [1.807, 2.05) is 0 Å². The van der Waals surface area contributed by atoms with Crippen molar-refractivity contribution in [3.63, 3.8) is 0 Å². The topological polar surface area (TPSA) is 126 Å². The molecule has 0 amide bonds. The summed E-state index contributed by atoms with van der Waals surface area (Å²) in [6.07, 6.45) is 1.19. The van der Waals surface area contributed by atoms with Crippen LogP contribution in [-0.2, 0) is 11.3 Å². The Hall–Kier alpha value is -2.78. The largest absolute Gasteiger partial charge is 0.490 e. The van der Waals surface area contributed by atoms with E-state index in [0.29, 0.717) is 5.76 Å². The monoisotopic (exact) mass is 267 g/mol. The minimum Gasteiger partial charge on any atom is -0.461 e. The first-order valence-electron chi connectivity index (χ1n) is 5.26. The summed E-state index contributed by atoms with van der Waals surface area (Å²) >= 11 is 0. The lowest BCUT2D eigenvalue weighted by Crippen LogP contribution is -2.04. The van der Waals surface area contributed by atoms with Crippen LogP contribution in [0.2, 0.25) is 0 Å². The van der Waals surface area contributed by atoms with Crippen LogP contribution in [-0.4, -0.2) is 37.4 Å². The van der Waals surface area contributed by atoms with Crippen molar-refractivity contribution in [2.45, 2.75) is 13.5 Å². The van der Waals surface area contributed by atoms with Crippen LogP contribution >= 0.6 is 0 Å². The van der Waals surface area contributed by atoms with Gasteiger partial charge in [-0.05, 0) is 11.8 Å². The molecule has 0 unspecified atom stereocenters. The molecule has 2 aromatic heterocycles. The Morgan fingerprint density at radius 1 is 1.63 bits per heavy atom. The molecule has 0 N–H and O–H groups in total. The van der Waals surface area contributed by atoms with E-state index < -0.39 is 16.8 Å². The maximum Gasteiger partial charge on any atom is 0.490 e. The molecule has 0 spiro atoms. The molecular formula is C9H9N5O5. The van der Waals surface area contributed by atoms with Crippen molar-refractivity contribution in [1.29, 1.82) is 0 Å². The van der Waals surface area contributed by atoms with E-state index in [2.05, 4.69) is 15.2 Å². The maximum atomic E-state index is 11.3. The van der Waals surface area contributed by atoms with E-state index in [-0.39, 0.29) is 18.8 Å². The molecule has 0 aliphatic heterocycles. The lowest BCUT2D eigenvalue weighted by Gasteiger charge is -1.94. The molecule has 0 fully saturated rings. The second-order valence-corrected chi connectivity index (χ2v) is 3.40. The van der Waals surface area contributed by atoms with Gasteiger partial charge in [0.1, 0.15) is 6.54 Å². The van der Waals surface area contributed by atoms with Crippen LogP contribution in [0.25, 0.3) is 0 Å². The third-order valence-electron chi connectivity index (χ3n) is 2.05. The smallest absolute Gasteiger partial charge is 0.461 e. The molecule has 0 atom stereocenters. The van der Waals surface area contributed by atoms with Crippen LogP contribution in [0.3, 0.4) is 0 Å². The molecule has 0 aliphatic rings. The zero-order valence-electron chi connectivity index (χ0n) is 9.85. The molecule has 100 valence electrons. The third-order valence-corrected chi connectivity index (χ3v) is 2.05. The van der Waals surface area contributed by atoms with Crippen molar-refractivity contribution in [2.24, 2.45) is 0 Å². The summed E-state index contributed by atoms with van der Waals surface area (Å²) in [5.74, 6) is -0.796. The van der Waals surface area contributed by atoms with Gasteiger partial charge in [0.25, 0.3) is 0 Å². The van der Waals surface area contributed by atoms with Gasteiger partial charge in [0.15, 0.2) is 11.5 Å². The second-order valence-electron chi connectivity index (χ2n) is 3.40. The highest BCUT2D eigenvalue weighted by Crippen LogP contribution is 2.08. The number of nitro groups is 1. The molecule has 0 bridgehead atoms. The first-order valence-corrected chi connectivity index (χ1v) is 5.26. The van der Waals surface area contributed by atoms with Gasteiger partial charge in [-0.15, -0.1) is 0 Å². The molecule has 10 heteroatoms. The Kier molecular flexibility index (Phi) is 3.50. The molecule has 0 saturated carbocycles. The fourth-order valence-corrected chi connectivity index (χ4v) is 1.29. The summed E-state index contributed by atoms with van der Waals surface area (Å²) in [5.41, 5.74) is 0.0338. The highest BCUT2D eigenvalue weighted by Gasteiger charge is 2.17. The van der Waals surface area contributed by atoms with Crippen molar-refractivity contribution in [3.8, 4) is 0 Å². The Morgan fingerprint density at radius 2 is 2.42 bits per heavy atom. The van der Waals surface area contributed by atoms with Gasteiger partial charge in [0.05, 0.1) is 6.61 Å². The van der Waals surface area contributed by atoms with Gasteiger partial charge >= 0.3 is 11.9 Å². The van der Waals surface area contributed by atoms with Gasteiger partial charge in [0.2, 0.25) is 6.33 Å². The number of rotatable bonds is 5. The molecule has 10 nitrogen and oxygen atoms in total. The molecule has 0 saturated heterocycles. The van der Waals surface area contributed by atoms with E-state index in [1.54, 1.807) is 6.92 Å². The summed E-state index contributed by atoms with van der Waals surface area (Å²) in [6, 6.07) is 1.38. The van der Waals surface area contributed by atoms with Crippen molar-refractivity contribution >= 4 is 11.9 Å². The Labute approximate surface area is 106 Å². The van der Waals surface area contributed by atoms with Crippen LogP contribution in [0.1, 0.15) is 23.2 Å². The fraction of sp³-hybridized carbons (Fsp3) is 0.333. The van der Waals surface area contributed by atoms with Crippen LogP contribution in [0.4, 0.5) is 5.95 Å². The molecule has 0 aliphatic carbocycles. The number of hydrogen-bond acceptors (Lipinski definition) is 8. The summed E-state index contributed by atoms with van der Waals surface area (Å²) in [7, 11) is 0. The van der Waals surface area contributed by atoms with E-state index >= 15 is 0 Å². The van der Waals surface area contributed by atoms with Crippen LogP contribution in [0.15, 0.2) is 16.9 Å². The molecule has 2 rings (SSSR count). The molecule has 19 heavy (non-hydrogen) atoms. The molecule has 2 aromatic rings. The molecule has 0 aromatic carbocycles. The average molecular weight is 267 g/mol. The van der Waals surface area contributed by atoms with E-state index in [0.717, 1.165) is 0 Å². The summed E-state index contributed by atoms with van der Waals surface area (Å²) in [5, 5.41) is 17.5. The zero-order valence-corrected chi connectivity index (χ0v) is 9.85. The quantitative estimate of drug-likeness (QED) is 0.432. The Morgan fingerprint density at radius 3 is 3.05 bits per heavy atom. The number of esters is 1. The number of aromatic nitrogens is 4. The van der Waals surface area contributed by atoms with Crippen molar-refractivity contribution < 1.29 is 19.0 Å². The summed E-state index contributed by atoms with van der Waals surface area (Å²) in [4.78, 5) is 24.5. The van der Waals surface area contributed by atoms with Gasteiger partial charge in [0, 0.05) is 11.2 Å². The number of nitrogens with zero attached hydrogens (tertiary/aromatic N) is 5. The van der Waals surface area contributed by atoms with Crippen molar-refractivity contribution in [1.82, 2.24) is 19.9 Å². The fourth-order valence-electron chi connectivity index (χ4n) is 1.29. The standard InChI is InChI=1S/C9H9N5O5/c1-2-18-8(15)7-3-6(19-12-7)4-13-5-10-9(11-13)14(16)17/h3,5H,2,4H2,1H3. The van der Waals surface area contributed by atoms with E-state index in [4.69, 9.17) is 9.26 Å². The van der Waals surface area contributed by atoms with Gasteiger partial charge in [-0.25, -0.2) is 4.79 Å². The third kappa shape index (κ3) is 2.91. The van der Waals surface area contributed by atoms with E-state index in [9.17, 15) is 14.9 Å². The normalized spacial score (nSPS) is 10.4. The lowest BCUT2D eigenvalue weighted by molar-refractivity contribution is -0.394. The molecule has 2 heterocycles. The van der Waals surface area contributed by atoms with Crippen LogP contribution in [0, 0.1) is 10.1 Å². The van der Waals surface area contributed by atoms with Crippen LogP contribution < -0.4 is 0 Å². The highest BCUT2D eigenvalue weighted by molar-refractivity contribution is 5.87. The van der Waals surface area contributed by atoms with Gasteiger partial charge < -0.3 is 19.4 Å². The number of hydrogen-bond donors (Lipinski definition) is 0. The molecule has 0 radical (unpaired) electrons. The molecular weight excluding hydrogens is 258 g/mol. The minimum absolute atomic E-state index is 0.0338. The maximum absolute atomic E-state index is 11.3. The summed E-state index contributed by atoms with van der Waals surface area (Å²) in [6.45, 7) is 1.98. The first kappa shape index (κ1) is 12.7. The Bertz CT molecular complexity index is 604. The predicted molar refractivity (Wildman–Crippen MR) is 58.2 cm³/mol. The SMILES string of the molecule is CCOC(=O)c1cc(Cn2cnc([N+](=O)[O-])n2)on1. The van der Waals surface area contributed by atoms with Gasteiger partial charge in [-0.2, -0.15) is 4.68 Å². The number of carbonyl (C=O) groups is 1. The predicted octanol–water partition coefficient (Wildman–Crippen LogP) is 0.399. The summed E-state index contributed by atoms with van der Waals surface area (Å²) < 4.78 is 10.8. The Balaban J connectivity index is 2.06. The van der Waals surface area contributed by atoms with Crippen molar-refractivity contribution in [2.75, 3.05) is 6.61 Å². The number of ether oxygens (including phenoxy) is 1. The first-order chi connectivity index (χ1) is 9.10. The van der Waals surface area contributed by atoms with Crippen molar-refractivity contribution in [3.05, 3.63) is 34.0 Å². The van der Waals surface area contributed by atoms with Gasteiger partial charge in [-0.3, -0.25) is 0 Å².